The average Bonchev–Trinajstić information content (AvgIpc) is 3.52. The van der Waals surface area contributed by atoms with Crippen molar-refractivity contribution in [2.45, 2.75) is 122 Å². The highest BCUT2D eigenvalue weighted by molar-refractivity contribution is 6.30. The van der Waals surface area contributed by atoms with Gasteiger partial charge in [0.25, 0.3) is 0 Å². The second-order valence-electron chi connectivity index (χ2n) is 14.4. The van der Waals surface area contributed by atoms with Crippen molar-refractivity contribution < 1.29 is 9.59 Å². The molecule has 2 N–H and O–H groups in total. The summed E-state index contributed by atoms with van der Waals surface area (Å²) in [4.78, 5) is 33.1. The van der Waals surface area contributed by atoms with Gasteiger partial charge in [0, 0.05) is 42.2 Å². The van der Waals surface area contributed by atoms with Crippen LogP contribution in [-0.4, -0.2) is 62.7 Å². The van der Waals surface area contributed by atoms with Gasteiger partial charge < -0.3 is 15.5 Å². The lowest BCUT2D eigenvalue weighted by Gasteiger charge is -2.48. The van der Waals surface area contributed by atoms with Crippen molar-refractivity contribution in [1.29, 1.82) is 0 Å². The number of amides is 2. The molecule has 2 heterocycles. The van der Waals surface area contributed by atoms with E-state index in [-0.39, 0.29) is 40.8 Å². The van der Waals surface area contributed by atoms with E-state index in [0.717, 1.165) is 63.7 Å². The smallest absolute Gasteiger partial charge is 0.240 e. The maximum absolute atomic E-state index is 14.2. The lowest BCUT2D eigenvalue weighted by atomic mass is 9.63. The first kappa shape index (κ1) is 32.0. The van der Waals surface area contributed by atoms with Gasteiger partial charge in [0.1, 0.15) is 12.7 Å². The summed E-state index contributed by atoms with van der Waals surface area (Å²) in [6.45, 7) is 8.33. The van der Waals surface area contributed by atoms with E-state index in [1.165, 1.54) is 32.1 Å². The minimum absolute atomic E-state index is 0.109. The molecule has 8 nitrogen and oxygen atoms in total. The van der Waals surface area contributed by atoms with E-state index < -0.39 is 0 Å². The number of halogens is 1. The number of carbonyl (C=O) groups excluding carboxylic acids is 2. The fraction of sp³-hybridized carbons (Fsp3) is 0.706. The lowest BCUT2D eigenvalue weighted by Crippen LogP contribution is -2.56. The van der Waals surface area contributed by atoms with Crippen molar-refractivity contribution in [3.8, 4) is 0 Å². The fourth-order valence-electron chi connectivity index (χ4n) is 7.60. The van der Waals surface area contributed by atoms with Gasteiger partial charge in [0.05, 0.1) is 6.04 Å². The third kappa shape index (κ3) is 8.39. The highest BCUT2D eigenvalue weighted by Gasteiger charge is 2.44. The van der Waals surface area contributed by atoms with Gasteiger partial charge in [0.2, 0.25) is 11.8 Å². The van der Waals surface area contributed by atoms with Crippen LogP contribution in [0.15, 0.2) is 36.9 Å². The van der Waals surface area contributed by atoms with Gasteiger partial charge in [-0.15, -0.1) is 0 Å². The predicted molar refractivity (Wildman–Crippen MR) is 171 cm³/mol. The number of hydrogen-bond acceptors (Lipinski definition) is 5. The second-order valence-corrected chi connectivity index (χ2v) is 14.9. The Bertz CT molecular complexity index is 1170. The standard InChI is InChI=1S/C34H51ClN6O2/c1-33(2,3)32(43)39-29-15-13-28(14-16-29)38-30(21-25-9-11-27(35)12-10-25)31(42)40-19-17-34(18-20-40,22-41-24-36-23-37-41)26-7-5-4-6-8-26/h9-12,23-24,26,28-30,38H,4-8,13-22H2,1-3H3,(H,39,43)/t28-,29+,30-/m1/s1. The zero-order chi connectivity index (χ0) is 30.5. The number of piperidine rings is 1. The van der Waals surface area contributed by atoms with E-state index >= 15 is 0 Å². The number of nitrogens with one attached hydrogen (secondary N) is 2. The molecule has 2 amide bonds. The Kier molecular flexibility index (Phi) is 10.5. The molecule has 43 heavy (non-hydrogen) atoms. The molecule has 3 fully saturated rings. The third-order valence-electron chi connectivity index (χ3n) is 10.3. The molecule has 5 rings (SSSR count). The Balaban J connectivity index is 1.24. The number of likely N-dealkylation sites (tertiary alicyclic amines) is 1. The zero-order valence-corrected chi connectivity index (χ0v) is 27.1. The molecule has 236 valence electrons. The molecule has 1 aromatic carbocycles. The Morgan fingerprint density at radius 2 is 1.63 bits per heavy atom. The summed E-state index contributed by atoms with van der Waals surface area (Å²) in [6.07, 6.45) is 16.4. The largest absolute Gasteiger partial charge is 0.353 e. The van der Waals surface area contributed by atoms with Crippen molar-refractivity contribution in [1.82, 2.24) is 30.3 Å². The normalized spacial score (nSPS) is 24.0. The van der Waals surface area contributed by atoms with Crippen LogP contribution < -0.4 is 10.6 Å². The van der Waals surface area contributed by atoms with Crippen molar-refractivity contribution in [2.75, 3.05) is 13.1 Å². The summed E-state index contributed by atoms with van der Waals surface area (Å²) in [5.74, 6) is 0.994. The molecular formula is C34H51ClN6O2. The molecule has 1 saturated heterocycles. The van der Waals surface area contributed by atoms with Crippen LogP contribution in [0.4, 0.5) is 0 Å². The van der Waals surface area contributed by atoms with Crippen molar-refractivity contribution in [2.24, 2.45) is 16.7 Å². The number of hydrogen-bond donors (Lipinski definition) is 2. The Morgan fingerprint density at radius 1 is 0.977 bits per heavy atom. The van der Waals surface area contributed by atoms with Gasteiger partial charge in [-0.05, 0) is 86.8 Å². The van der Waals surface area contributed by atoms with Gasteiger partial charge in [0.15, 0.2) is 0 Å². The van der Waals surface area contributed by atoms with Crippen molar-refractivity contribution in [3.63, 3.8) is 0 Å². The van der Waals surface area contributed by atoms with E-state index in [9.17, 15) is 9.59 Å². The number of carbonyl (C=O) groups is 2. The summed E-state index contributed by atoms with van der Waals surface area (Å²) in [5.41, 5.74) is 0.893. The zero-order valence-electron chi connectivity index (χ0n) is 26.4. The number of benzene rings is 1. The van der Waals surface area contributed by atoms with Gasteiger partial charge >= 0.3 is 0 Å². The SMILES string of the molecule is CC(C)(C)C(=O)N[C@H]1CC[C@@H](N[C@H](Cc2ccc(Cl)cc2)C(=O)N2CCC(Cn3cncn3)(C3CCCCC3)CC2)CC1. The quantitative estimate of drug-likeness (QED) is 0.375. The molecule has 0 unspecified atom stereocenters. The summed E-state index contributed by atoms with van der Waals surface area (Å²) in [6, 6.07) is 8.05. The van der Waals surface area contributed by atoms with Crippen molar-refractivity contribution in [3.05, 3.63) is 47.5 Å². The second kappa shape index (κ2) is 14.1. The summed E-state index contributed by atoms with van der Waals surface area (Å²) >= 11 is 6.18. The molecule has 2 aliphatic carbocycles. The average molecular weight is 611 g/mol. The molecule has 1 aromatic heterocycles. The molecule has 0 spiro atoms. The van der Waals surface area contributed by atoms with Crippen molar-refractivity contribution >= 4 is 23.4 Å². The number of rotatable bonds is 9. The first-order valence-corrected chi connectivity index (χ1v) is 16.9. The fourth-order valence-corrected chi connectivity index (χ4v) is 7.73. The van der Waals surface area contributed by atoms with E-state index in [4.69, 9.17) is 11.6 Å². The van der Waals surface area contributed by atoms with Gasteiger partial charge in [-0.2, -0.15) is 5.10 Å². The van der Waals surface area contributed by atoms with E-state index in [0.29, 0.717) is 17.4 Å². The Hall–Kier alpha value is -2.45. The van der Waals surface area contributed by atoms with Gasteiger partial charge in [-0.25, -0.2) is 4.98 Å². The number of aromatic nitrogens is 3. The Labute approximate surface area is 262 Å². The first-order chi connectivity index (χ1) is 20.6. The molecule has 1 atom stereocenters. The minimum atomic E-state index is -0.385. The number of nitrogens with zero attached hydrogens (tertiary/aromatic N) is 4. The lowest BCUT2D eigenvalue weighted by molar-refractivity contribution is -0.137. The van der Waals surface area contributed by atoms with Crippen LogP contribution in [0.3, 0.4) is 0 Å². The molecule has 0 bridgehead atoms. The summed E-state index contributed by atoms with van der Waals surface area (Å²) < 4.78 is 2.01. The predicted octanol–water partition coefficient (Wildman–Crippen LogP) is 5.80. The summed E-state index contributed by atoms with van der Waals surface area (Å²) in [5, 5.41) is 12.2. The van der Waals surface area contributed by atoms with Crippen LogP contribution >= 0.6 is 11.6 Å². The third-order valence-corrected chi connectivity index (χ3v) is 10.6. The van der Waals surface area contributed by atoms with E-state index in [1.807, 2.05) is 56.0 Å². The van der Waals surface area contributed by atoms with E-state index in [1.54, 1.807) is 6.33 Å². The molecule has 1 aliphatic heterocycles. The first-order valence-electron chi connectivity index (χ1n) is 16.5. The molecule has 0 radical (unpaired) electrons. The molecule has 2 saturated carbocycles. The van der Waals surface area contributed by atoms with Crippen LogP contribution in [0.1, 0.15) is 97.0 Å². The van der Waals surface area contributed by atoms with Gasteiger partial charge in [-0.1, -0.05) is 63.8 Å². The van der Waals surface area contributed by atoms with Gasteiger partial charge in [-0.3, -0.25) is 14.3 Å². The van der Waals surface area contributed by atoms with E-state index in [2.05, 4.69) is 25.6 Å². The monoisotopic (exact) mass is 610 g/mol. The molecular weight excluding hydrogens is 560 g/mol. The van der Waals surface area contributed by atoms with Crippen LogP contribution in [0, 0.1) is 16.7 Å². The topological polar surface area (TPSA) is 92.2 Å². The molecule has 2 aromatic rings. The highest BCUT2D eigenvalue weighted by atomic mass is 35.5. The molecule has 3 aliphatic rings. The minimum Gasteiger partial charge on any atom is -0.353 e. The van der Waals surface area contributed by atoms with Crippen LogP contribution in [0.25, 0.3) is 0 Å². The van der Waals surface area contributed by atoms with Crippen LogP contribution in [0.2, 0.25) is 5.02 Å². The maximum atomic E-state index is 14.2. The molecule has 9 heteroatoms. The summed E-state index contributed by atoms with van der Waals surface area (Å²) in [7, 11) is 0. The van der Waals surface area contributed by atoms with Crippen LogP contribution in [-0.2, 0) is 22.6 Å². The van der Waals surface area contributed by atoms with Crippen LogP contribution in [0.5, 0.6) is 0 Å². The Morgan fingerprint density at radius 3 is 2.23 bits per heavy atom. The maximum Gasteiger partial charge on any atom is 0.240 e. The highest BCUT2D eigenvalue weighted by Crippen LogP contribution is 2.47.